The quantitative estimate of drug-likeness (QED) is 0.745. The van der Waals surface area contributed by atoms with E-state index in [-0.39, 0.29) is 24.4 Å². The number of nitrogens with one attached hydrogen (secondary N) is 2. The molecule has 1 atom stereocenters. The third-order valence-corrected chi connectivity index (χ3v) is 4.05. The van der Waals surface area contributed by atoms with Gasteiger partial charge in [-0.3, -0.25) is 14.6 Å². The lowest BCUT2D eigenvalue weighted by Crippen LogP contribution is -2.38. The van der Waals surface area contributed by atoms with Crippen LogP contribution >= 0.6 is 22.6 Å². The molecule has 5 nitrogen and oxygen atoms in total. The van der Waals surface area contributed by atoms with Crippen LogP contribution in [0.4, 0.5) is 0 Å². The molecule has 0 saturated carbocycles. The number of nitrogens with zero attached hydrogens (tertiary/aromatic N) is 1. The average Bonchev–Trinajstić information content (AvgIpc) is 2.54. The summed E-state index contributed by atoms with van der Waals surface area (Å²) in [7, 11) is 0. The summed E-state index contributed by atoms with van der Waals surface area (Å²) in [6, 6.07) is 10.8. The van der Waals surface area contributed by atoms with Crippen LogP contribution in [0.3, 0.4) is 0 Å². The first-order chi connectivity index (χ1) is 10.6. The molecule has 0 fully saturated rings. The van der Waals surface area contributed by atoms with Crippen molar-refractivity contribution in [2.45, 2.75) is 13.0 Å². The van der Waals surface area contributed by atoms with E-state index < -0.39 is 0 Å². The highest BCUT2D eigenvalue weighted by Crippen LogP contribution is 2.11. The van der Waals surface area contributed by atoms with Crippen LogP contribution in [0.2, 0.25) is 0 Å². The molecular formula is C16H16IN3O2. The maximum Gasteiger partial charge on any atom is 0.252 e. The van der Waals surface area contributed by atoms with Crippen LogP contribution in [0.25, 0.3) is 0 Å². The van der Waals surface area contributed by atoms with E-state index >= 15 is 0 Å². The van der Waals surface area contributed by atoms with Crippen molar-refractivity contribution in [1.29, 1.82) is 0 Å². The van der Waals surface area contributed by atoms with E-state index in [1.54, 1.807) is 24.5 Å². The average molecular weight is 409 g/mol. The fraction of sp³-hybridized carbons (Fsp3) is 0.188. The zero-order valence-corrected chi connectivity index (χ0v) is 14.2. The standard InChI is InChI=1S/C16H16IN3O2/c1-11(12-6-8-18-9-7-12)20-15(21)10-19-16(22)13-4-2-3-5-14(13)17/h2-9,11H,10H2,1H3,(H,19,22)(H,20,21). The molecule has 6 heteroatoms. The van der Waals surface area contributed by atoms with Crippen molar-refractivity contribution in [2.75, 3.05) is 6.54 Å². The van der Waals surface area contributed by atoms with Gasteiger partial charge in [0.1, 0.15) is 0 Å². The highest BCUT2D eigenvalue weighted by molar-refractivity contribution is 14.1. The summed E-state index contributed by atoms with van der Waals surface area (Å²) in [5, 5.41) is 5.46. The lowest BCUT2D eigenvalue weighted by atomic mass is 10.1. The van der Waals surface area contributed by atoms with E-state index in [1.807, 2.05) is 31.2 Å². The zero-order valence-electron chi connectivity index (χ0n) is 12.0. The minimum Gasteiger partial charge on any atom is -0.348 e. The Kier molecular flexibility index (Phi) is 5.88. The summed E-state index contributed by atoms with van der Waals surface area (Å²) >= 11 is 2.09. The minimum atomic E-state index is -0.253. The molecule has 1 aromatic carbocycles. The molecule has 0 aliphatic carbocycles. The maximum atomic E-state index is 12.0. The highest BCUT2D eigenvalue weighted by atomic mass is 127. The lowest BCUT2D eigenvalue weighted by molar-refractivity contribution is -0.120. The zero-order chi connectivity index (χ0) is 15.9. The van der Waals surface area contributed by atoms with Crippen LogP contribution in [0, 0.1) is 3.57 Å². The Morgan fingerprint density at radius 1 is 1.18 bits per heavy atom. The molecule has 114 valence electrons. The van der Waals surface area contributed by atoms with Gasteiger partial charge in [0, 0.05) is 16.0 Å². The van der Waals surface area contributed by atoms with Crippen molar-refractivity contribution in [1.82, 2.24) is 15.6 Å². The summed E-state index contributed by atoms with van der Waals surface area (Å²) in [5.41, 5.74) is 1.53. The summed E-state index contributed by atoms with van der Waals surface area (Å²) < 4.78 is 0.850. The van der Waals surface area contributed by atoms with Gasteiger partial charge in [-0.2, -0.15) is 0 Å². The summed E-state index contributed by atoms with van der Waals surface area (Å²) in [5.74, 6) is -0.486. The second kappa shape index (κ2) is 7.88. The molecular weight excluding hydrogens is 393 g/mol. The van der Waals surface area contributed by atoms with Gasteiger partial charge in [-0.25, -0.2) is 0 Å². The summed E-state index contributed by atoms with van der Waals surface area (Å²) in [4.78, 5) is 27.9. The Hall–Kier alpha value is -1.96. The van der Waals surface area contributed by atoms with Crippen molar-refractivity contribution in [3.8, 4) is 0 Å². The molecule has 2 amide bonds. The molecule has 2 N–H and O–H groups in total. The van der Waals surface area contributed by atoms with Crippen LogP contribution < -0.4 is 10.6 Å². The number of carbonyl (C=O) groups excluding carboxylic acids is 2. The van der Waals surface area contributed by atoms with Gasteiger partial charge in [-0.05, 0) is 59.3 Å². The Labute approximate surface area is 142 Å². The van der Waals surface area contributed by atoms with Crippen LogP contribution in [0.5, 0.6) is 0 Å². The molecule has 1 unspecified atom stereocenters. The van der Waals surface area contributed by atoms with E-state index in [1.165, 1.54) is 0 Å². The second-order valence-electron chi connectivity index (χ2n) is 4.73. The van der Waals surface area contributed by atoms with Gasteiger partial charge in [0.15, 0.2) is 0 Å². The van der Waals surface area contributed by atoms with Crippen LogP contribution in [0.15, 0.2) is 48.8 Å². The summed E-state index contributed by atoms with van der Waals surface area (Å²) in [6.45, 7) is 1.83. The van der Waals surface area contributed by atoms with Gasteiger partial charge in [-0.15, -0.1) is 0 Å². The van der Waals surface area contributed by atoms with Gasteiger partial charge in [0.2, 0.25) is 5.91 Å². The third-order valence-electron chi connectivity index (χ3n) is 3.11. The van der Waals surface area contributed by atoms with Crippen LogP contribution in [-0.2, 0) is 4.79 Å². The summed E-state index contributed by atoms with van der Waals surface area (Å²) in [6.07, 6.45) is 3.36. The first kappa shape index (κ1) is 16.4. The van der Waals surface area contributed by atoms with Crippen molar-refractivity contribution in [3.63, 3.8) is 0 Å². The Morgan fingerprint density at radius 2 is 1.86 bits per heavy atom. The highest BCUT2D eigenvalue weighted by Gasteiger charge is 2.12. The lowest BCUT2D eigenvalue weighted by Gasteiger charge is -2.14. The van der Waals surface area contributed by atoms with Gasteiger partial charge >= 0.3 is 0 Å². The largest absolute Gasteiger partial charge is 0.348 e. The van der Waals surface area contributed by atoms with Gasteiger partial charge in [0.05, 0.1) is 18.2 Å². The van der Waals surface area contributed by atoms with Gasteiger partial charge < -0.3 is 10.6 Å². The fourth-order valence-corrected chi connectivity index (χ4v) is 2.56. The number of pyridine rings is 1. The number of amides is 2. The van der Waals surface area contributed by atoms with Crippen LogP contribution in [-0.4, -0.2) is 23.3 Å². The second-order valence-corrected chi connectivity index (χ2v) is 5.89. The molecule has 0 aliphatic heterocycles. The molecule has 2 rings (SSSR count). The van der Waals surface area contributed by atoms with E-state index in [4.69, 9.17) is 0 Å². The molecule has 0 radical (unpaired) electrons. The monoisotopic (exact) mass is 409 g/mol. The Balaban J connectivity index is 1.85. The number of halogens is 1. The molecule has 22 heavy (non-hydrogen) atoms. The number of hydrogen-bond acceptors (Lipinski definition) is 3. The molecule has 1 aromatic heterocycles. The fourth-order valence-electron chi connectivity index (χ4n) is 1.93. The number of benzene rings is 1. The molecule has 0 aliphatic rings. The SMILES string of the molecule is CC(NC(=O)CNC(=O)c1ccccc1I)c1ccncc1. The van der Waals surface area contributed by atoms with E-state index in [0.717, 1.165) is 9.13 Å². The van der Waals surface area contributed by atoms with Crippen molar-refractivity contribution < 1.29 is 9.59 Å². The first-order valence-corrected chi connectivity index (χ1v) is 7.88. The van der Waals surface area contributed by atoms with Gasteiger partial charge in [-0.1, -0.05) is 12.1 Å². The molecule has 0 bridgehead atoms. The molecule has 0 saturated heterocycles. The third kappa shape index (κ3) is 4.52. The normalized spacial score (nSPS) is 11.5. The van der Waals surface area contributed by atoms with Crippen molar-refractivity contribution in [2.24, 2.45) is 0 Å². The molecule has 0 spiro atoms. The Morgan fingerprint density at radius 3 is 2.55 bits per heavy atom. The van der Waals surface area contributed by atoms with E-state index in [0.29, 0.717) is 5.56 Å². The number of aromatic nitrogens is 1. The first-order valence-electron chi connectivity index (χ1n) is 6.80. The predicted octanol–water partition coefficient (Wildman–Crippen LogP) is 2.29. The van der Waals surface area contributed by atoms with E-state index in [2.05, 4.69) is 38.2 Å². The number of carbonyl (C=O) groups is 2. The van der Waals surface area contributed by atoms with Crippen molar-refractivity contribution >= 4 is 34.4 Å². The molecule has 1 heterocycles. The van der Waals surface area contributed by atoms with Gasteiger partial charge in [0.25, 0.3) is 5.91 Å². The maximum absolute atomic E-state index is 12.0. The van der Waals surface area contributed by atoms with Crippen LogP contribution in [0.1, 0.15) is 28.9 Å². The smallest absolute Gasteiger partial charge is 0.252 e. The van der Waals surface area contributed by atoms with E-state index in [9.17, 15) is 9.59 Å². The number of rotatable bonds is 5. The number of hydrogen-bond donors (Lipinski definition) is 2. The topological polar surface area (TPSA) is 71.1 Å². The molecule has 2 aromatic rings. The van der Waals surface area contributed by atoms with Crippen molar-refractivity contribution in [3.05, 3.63) is 63.5 Å². The predicted molar refractivity (Wildman–Crippen MR) is 92.3 cm³/mol. The Bertz CT molecular complexity index is 661. The minimum absolute atomic E-state index is 0.0563.